The Bertz CT molecular complexity index is 815. The zero-order valence-corrected chi connectivity index (χ0v) is 14.4. The van der Waals surface area contributed by atoms with Crippen LogP contribution < -0.4 is 5.32 Å². The smallest absolute Gasteiger partial charge is 0.262 e. The maximum atomic E-state index is 12.4. The summed E-state index contributed by atoms with van der Waals surface area (Å²) in [4.78, 5) is 38.2. The van der Waals surface area contributed by atoms with Gasteiger partial charge in [-0.15, -0.1) is 0 Å². The van der Waals surface area contributed by atoms with Crippen LogP contribution in [0, 0.1) is 0 Å². The minimum absolute atomic E-state index is 0.339. The number of benzene rings is 2. The van der Waals surface area contributed by atoms with Crippen LogP contribution in [0.2, 0.25) is 5.02 Å². The van der Waals surface area contributed by atoms with E-state index >= 15 is 0 Å². The van der Waals surface area contributed by atoms with Gasteiger partial charge < -0.3 is 5.32 Å². The molecule has 2 aromatic carbocycles. The molecule has 1 unspecified atom stereocenters. The molecule has 0 aliphatic carbocycles. The summed E-state index contributed by atoms with van der Waals surface area (Å²) in [6, 6.07) is 13.1. The van der Waals surface area contributed by atoms with Crippen molar-refractivity contribution in [1.29, 1.82) is 0 Å². The van der Waals surface area contributed by atoms with Crippen LogP contribution in [0.3, 0.4) is 0 Å². The van der Waals surface area contributed by atoms with Crippen molar-refractivity contribution < 1.29 is 14.4 Å². The molecule has 1 atom stereocenters. The van der Waals surface area contributed by atoms with Crippen LogP contribution in [0.15, 0.2) is 48.5 Å². The number of amides is 3. The van der Waals surface area contributed by atoms with Crippen molar-refractivity contribution in [3.63, 3.8) is 0 Å². The second kappa shape index (κ2) is 7.07. The van der Waals surface area contributed by atoms with Gasteiger partial charge in [-0.1, -0.05) is 35.9 Å². The van der Waals surface area contributed by atoms with Gasteiger partial charge >= 0.3 is 0 Å². The Kier molecular flexibility index (Phi) is 4.86. The van der Waals surface area contributed by atoms with E-state index in [4.69, 9.17) is 11.6 Å². The summed E-state index contributed by atoms with van der Waals surface area (Å²) in [7, 11) is 0. The van der Waals surface area contributed by atoms with Gasteiger partial charge in [0.15, 0.2) is 0 Å². The van der Waals surface area contributed by atoms with Crippen molar-refractivity contribution in [3.8, 4) is 0 Å². The first-order valence-corrected chi connectivity index (χ1v) is 8.36. The zero-order chi connectivity index (χ0) is 18.0. The van der Waals surface area contributed by atoms with Crippen molar-refractivity contribution in [2.45, 2.75) is 19.4 Å². The highest BCUT2D eigenvalue weighted by molar-refractivity contribution is 6.30. The van der Waals surface area contributed by atoms with Gasteiger partial charge in [0.25, 0.3) is 11.8 Å². The molecule has 6 heteroatoms. The molecule has 0 fully saturated rings. The number of carbonyl (C=O) groups is 3. The minimum Gasteiger partial charge on any atom is -0.354 e. The van der Waals surface area contributed by atoms with Crippen LogP contribution in [0.1, 0.15) is 33.2 Å². The third-order valence-electron chi connectivity index (χ3n) is 4.19. The summed E-state index contributed by atoms with van der Waals surface area (Å²) in [6.07, 6.45) is 0.612. The number of nitrogens with zero attached hydrogens (tertiary/aromatic N) is 1. The topological polar surface area (TPSA) is 66.5 Å². The van der Waals surface area contributed by atoms with Crippen molar-refractivity contribution in [3.05, 3.63) is 70.2 Å². The van der Waals surface area contributed by atoms with Gasteiger partial charge in [0.2, 0.25) is 5.91 Å². The van der Waals surface area contributed by atoms with E-state index in [1.807, 2.05) is 18.2 Å². The van der Waals surface area contributed by atoms with E-state index in [0.717, 1.165) is 10.5 Å². The van der Waals surface area contributed by atoms with Gasteiger partial charge in [0.1, 0.15) is 6.04 Å². The SMILES string of the molecule is CC(C(=O)NCCc1cccc(Cl)c1)N1C(=O)c2ccccc2C1=O. The monoisotopic (exact) mass is 356 g/mol. The molecule has 5 nitrogen and oxygen atoms in total. The molecule has 3 rings (SSSR count). The Labute approximate surface area is 150 Å². The molecule has 0 spiro atoms. The van der Waals surface area contributed by atoms with E-state index in [1.54, 1.807) is 37.3 Å². The van der Waals surface area contributed by atoms with Crippen LogP contribution in [0.25, 0.3) is 0 Å². The molecule has 25 heavy (non-hydrogen) atoms. The van der Waals surface area contributed by atoms with E-state index in [1.165, 1.54) is 0 Å². The number of rotatable bonds is 5. The molecule has 0 aromatic heterocycles. The number of halogens is 1. The number of hydrogen-bond donors (Lipinski definition) is 1. The predicted molar refractivity (Wildman–Crippen MR) is 94.6 cm³/mol. The predicted octanol–water partition coefficient (Wildman–Crippen LogP) is 2.68. The molecular formula is C19H17ClN2O3. The molecule has 0 saturated carbocycles. The Hall–Kier alpha value is -2.66. The summed E-state index contributed by atoms with van der Waals surface area (Å²) in [5.74, 6) is -1.23. The summed E-state index contributed by atoms with van der Waals surface area (Å²) >= 11 is 5.93. The average molecular weight is 357 g/mol. The van der Waals surface area contributed by atoms with Crippen LogP contribution >= 0.6 is 11.6 Å². The molecule has 0 radical (unpaired) electrons. The second-order valence-electron chi connectivity index (χ2n) is 5.87. The van der Waals surface area contributed by atoms with Crippen molar-refractivity contribution in [1.82, 2.24) is 10.2 Å². The van der Waals surface area contributed by atoms with E-state index in [-0.39, 0.29) is 5.91 Å². The molecule has 2 aromatic rings. The molecule has 1 aliphatic heterocycles. The number of nitrogens with one attached hydrogen (secondary N) is 1. The van der Waals surface area contributed by atoms with Crippen molar-refractivity contribution >= 4 is 29.3 Å². The van der Waals surface area contributed by atoms with Crippen LogP contribution in [0.5, 0.6) is 0 Å². The van der Waals surface area contributed by atoms with Crippen molar-refractivity contribution in [2.75, 3.05) is 6.54 Å². The normalized spacial score (nSPS) is 14.4. The maximum absolute atomic E-state index is 12.4. The number of imide groups is 1. The lowest BCUT2D eigenvalue weighted by molar-refractivity contribution is -0.124. The minimum atomic E-state index is -0.869. The third-order valence-corrected chi connectivity index (χ3v) is 4.43. The summed E-state index contributed by atoms with van der Waals surface area (Å²) in [6.45, 7) is 1.95. The maximum Gasteiger partial charge on any atom is 0.262 e. The summed E-state index contributed by atoms with van der Waals surface area (Å²) in [5, 5.41) is 3.41. The summed E-state index contributed by atoms with van der Waals surface area (Å²) in [5.41, 5.74) is 1.68. The fraction of sp³-hybridized carbons (Fsp3) is 0.211. The molecule has 1 aliphatic rings. The first-order chi connectivity index (χ1) is 12.0. The van der Waals surface area contributed by atoms with Gasteiger partial charge in [-0.25, -0.2) is 0 Å². The lowest BCUT2D eigenvalue weighted by Gasteiger charge is -2.21. The number of hydrogen-bond acceptors (Lipinski definition) is 3. The first kappa shape index (κ1) is 17.2. The Balaban J connectivity index is 1.61. The van der Waals surface area contributed by atoms with Crippen LogP contribution in [-0.4, -0.2) is 35.2 Å². The number of fused-ring (bicyclic) bond motifs is 1. The van der Waals surface area contributed by atoms with Crippen LogP contribution in [0.4, 0.5) is 0 Å². The highest BCUT2D eigenvalue weighted by Crippen LogP contribution is 2.24. The van der Waals surface area contributed by atoms with Gasteiger partial charge in [-0.2, -0.15) is 0 Å². The molecule has 0 bridgehead atoms. The Morgan fingerprint density at radius 2 is 1.72 bits per heavy atom. The average Bonchev–Trinajstić information content (AvgIpc) is 2.86. The molecule has 1 heterocycles. The van der Waals surface area contributed by atoms with Crippen LogP contribution in [-0.2, 0) is 11.2 Å². The second-order valence-corrected chi connectivity index (χ2v) is 6.31. The highest BCUT2D eigenvalue weighted by atomic mass is 35.5. The lowest BCUT2D eigenvalue weighted by atomic mass is 10.1. The van der Waals surface area contributed by atoms with E-state index in [0.29, 0.717) is 29.1 Å². The first-order valence-electron chi connectivity index (χ1n) is 7.98. The Morgan fingerprint density at radius 1 is 1.08 bits per heavy atom. The molecule has 0 saturated heterocycles. The van der Waals surface area contributed by atoms with Gasteiger partial charge in [0.05, 0.1) is 11.1 Å². The standard InChI is InChI=1S/C19H17ClN2O3/c1-12(17(23)21-10-9-13-5-4-6-14(20)11-13)22-18(24)15-7-2-3-8-16(15)19(22)25/h2-8,11-12H,9-10H2,1H3,(H,21,23). The fourth-order valence-electron chi connectivity index (χ4n) is 2.85. The molecule has 1 N–H and O–H groups in total. The highest BCUT2D eigenvalue weighted by Gasteiger charge is 2.40. The van der Waals surface area contributed by atoms with Crippen molar-refractivity contribution in [2.24, 2.45) is 0 Å². The number of carbonyl (C=O) groups excluding carboxylic acids is 3. The quantitative estimate of drug-likeness (QED) is 0.837. The largest absolute Gasteiger partial charge is 0.354 e. The zero-order valence-electron chi connectivity index (χ0n) is 13.7. The molecular weight excluding hydrogens is 340 g/mol. The molecule has 128 valence electrons. The fourth-order valence-corrected chi connectivity index (χ4v) is 3.06. The van der Waals surface area contributed by atoms with Gasteiger partial charge in [-0.05, 0) is 43.2 Å². The third kappa shape index (κ3) is 3.42. The van der Waals surface area contributed by atoms with E-state index in [9.17, 15) is 14.4 Å². The molecule has 3 amide bonds. The van der Waals surface area contributed by atoms with Gasteiger partial charge in [0, 0.05) is 11.6 Å². The van der Waals surface area contributed by atoms with E-state index in [2.05, 4.69) is 5.32 Å². The Morgan fingerprint density at radius 3 is 2.32 bits per heavy atom. The summed E-state index contributed by atoms with van der Waals surface area (Å²) < 4.78 is 0. The van der Waals surface area contributed by atoms with E-state index < -0.39 is 17.9 Å². The lowest BCUT2D eigenvalue weighted by Crippen LogP contribution is -2.48. The van der Waals surface area contributed by atoms with Gasteiger partial charge in [-0.3, -0.25) is 19.3 Å².